The molecule has 1 aliphatic heterocycles. The summed E-state index contributed by atoms with van der Waals surface area (Å²) < 4.78 is 0. The van der Waals surface area contributed by atoms with Gasteiger partial charge >= 0.3 is 12.0 Å². The SMILES string of the molecule is CC(=O)NCCN(C(=O)N1CCSCC1)C(C)C(=O)O. The normalized spacial score (nSPS) is 16.4. The van der Waals surface area contributed by atoms with E-state index in [1.54, 1.807) is 16.7 Å². The van der Waals surface area contributed by atoms with Gasteiger partial charge in [0.2, 0.25) is 5.91 Å². The van der Waals surface area contributed by atoms with Gasteiger partial charge in [-0.1, -0.05) is 0 Å². The molecule has 1 saturated heterocycles. The van der Waals surface area contributed by atoms with E-state index >= 15 is 0 Å². The standard InChI is InChI=1S/C12H21N3O4S/c1-9(11(17)18)15(4-3-13-10(2)16)12(19)14-5-7-20-8-6-14/h9H,3-8H2,1-2H3,(H,13,16)(H,17,18). The Bertz CT molecular complexity index is 372. The van der Waals surface area contributed by atoms with E-state index in [4.69, 9.17) is 5.11 Å². The van der Waals surface area contributed by atoms with E-state index in [1.165, 1.54) is 18.7 Å². The monoisotopic (exact) mass is 303 g/mol. The molecule has 0 aromatic heterocycles. The lowest BCUT2D eigenvalue weighted by atomic mass is 10.3. The Morgan fingerprint density at radius 1 is 1.35 bits per heavy atom. The first-order valence-electron chi connectivity index (χ1n) is 6.54. The Hall–Kier alpha value is -1.44. The van der Waals surface area contributed by atoms with Crippen molar-refractivity contribution in [1.82, 2.24) is 15.1 Å². The molecule has 0 aromatic rings. The summed E-state index contributed by atoms with van der Waals surface area (Å²) in [4.78, 5) is 37.3. The molecule has 8 heteroatoms. The predicted molar refractivity (Wildman–Crippen MR) is 76.8 cm³/mol. The second-order valence-corrected chi connectivity index (χ2v) is 5.80. The second-order valence-electron chi connectivity index (χ2n) is 4.57. The van der Waals surface area contributed by atoms with E-state index in [0.29, 0.717) is 13.1 Å². The fourth-order valence-corrected chi connectivity index (χ4v) is 2.78. The number of thioether (sulfide) groups is 1. The smallest absolute Gasteiger partial charge is 0.326 e. The minimum atomic E-state index is -1.05. The number of hydrogen-bond acceptors (Lipinski definition) is 4. The van der Waals surface area contributed by atoms with Crippen molar-refractivity contribution in [3.63, 3.8) is 0 Å². The van der Waals surface area contributed by atoms with Crippen LogP contribution in [0, 0.1) is 0 Å². The van der Waals surface area contributed by atoms with Gasteiger partial charge < -0.3 is 20.2 Å². The molecule has 7 nitrogen and oxygen atoms in total. The summed E-state index contributed by atoms with van der Waals surface area (Å²) in [5.74, 6) is 0.488. The Morgan fingerprint density at radius 3 is 2.45 bits per heavy atom. The van der Waals surface area contributed by atoms with Crippen molar-refractivity contribution < 1.29 is 19.5 Å². The highest BCUT2D eigenvalue weighted by molar-refractivity contribution is 7.99. The van der Waals surface area contributed by atoms with Gasteiger partial charge in [-0.25, -0.2) is 9.59 Å². The average molecular weight is 303 g/mol. The molecule has 0 saturated carbocycles. The fraction of sp³-hybridized carbons (Fsp3) is 0.750. The van der Waals surface area contributed by atoms with Crippen LogP contribution in [0.4, 0.5) is 4.79 Å². The summed E-state index contributed by atoms with van der Waals surface area (Å²) in [5.41, 5.74) is 0. The van der Waals surface area contributed by atoms with Crippen LogP contribution < -0.4 is 5.32 Å². The maximum Gasteiger partial charge on any atom is 0.326 e. The Labute approximate surface area is 122 Å². The average Bonchev–Trinajstić information content (AvgIpc) is 2.43. The molecule has 0 spiro atoms. The molecular weight excluding hydrogens is 282 g/mol. The molecule has 1 atom stereocenters. The van der Waals surface area contributed by atoms with Crippen LogP contribution in [0.25, 0.3) is 0 Å². The number of carbonyl (C=O) groups excluding carboxylic acids is 2. The van der Waals surface area contributed by atoms with Crippen LogP contribution in [0.2, 0.25) is 0 Å². The number of urea groups is 1. The summed E-state index contributed by atoms with van der Waals surface area (Å²) >= 11 is 1.78. The summed E-state index contributed by atoms with van der Waals surface area (Å²) in [6.45, 7) is 4.57. The highest BCUT2D eigenvalue weighted by Crippen LogP contribution is 2.13. The van der Waals surface area contributed by atoms with Gasteiger partial charge in [0.05, 0.1) is 0 Å². The third kappa shape index (κ3) is 4.92. The zero-order valence-electron chi connectivity index (χ0n) is 11.8. The summed E-state index contributed by atoms with van der Waals surface area (Å²) in [6, 6.07) is -1.18. The van der Waals surface area contributed by atoms with E-state index in [2.05, 4.69) is 5.32 Å². The van der Waals surface area contributed by atoms with Crippen LogP contribution in [-0.4, -0.2) is 76.5 Å². The predicted octanol–water partition coefficient (Wildman–Crippen LogP) is 0.0664. The van der Waals surface area contributed by atoms with Crippen molar-refractivity contribution in [2.24, 2.45) is 0 Å². The lowest BCUT2D eigenvalue weighted by Crippen LogP contribution is -2.53. The topological polar surface area (TPSA) is 90.0 Å². The molecule has 0 aliphatic carbocycles. The van der Waals surface area contributed by atoms with Crippen LogP contribution in [0.5, 0.6) is 0 Å². The first-order valence-corrected chi connectivity index (χ1v) is 7.69. The zero-order valence-corrected chi connectivity index (χ0v) is 12.6. The molecule has 1 fully saturated rings. The number of nitrogens with zero attached hydrogens (tertiary/aromatic N) is 2. The number of hydrogen-bond donors (Lipinski definition) is 2. The van der Waals surface area contributed by atoms with Crippen molar-refractivity contribution in [1.29, 1.82) is 0 Å². The summed E-state index contributed by atoms with van der Waals surface area (Å²) in [5, 5.41) is 11.7. The molecule has 114 valence electrons. The quantitative estimate of drug-likeness (QED) is 0.750. The summed E-state index contributed by atoms with van der Waals surface area (Å²) in [6.07, 6.45) is 0. The molecule has 0 aromatic carbocycles. The van der Waals surface area contributed by atoms with Crippen molar-refractivity contribution in [3.05, 3.63) is 0 Å². The molecular formula is C12H21N3O4S. The van der Waals surface area contributed by atoms with Crippen molar-refractivity contribution in [2.75, 3.05) is 37.7 Å². The third-order valence-electron chi connectivity index (χ3n) is 3.08. The molecule has 1 aliphatic rings. The van der Waals surface area contributed by atoms with Crippen LogP contribution in [0.15, 0.2) is 0 Å². The molecule has 1 rings (SSSR count). The van der Waals surface area contributed by atoms with Crippen molar-refractivity contribution in [3.8, 4) is 0 Å². The third-order valence-corrected chi connectivity index (χ3v) is 4.02. The highest BCUT2D eigenvalue weighted by Gasteiger charge is 2.29. The van der Waals surface area contributed by atoms with E-state index in [-0.39, 0.29) is 25.0 Å². The lowest BCUT2D eigenvalue weighted by molar-refractivity contribution is -0.141. The van der Waals surface area contributed by atoms with Crippen LogP contribution in [-0.2, 0) is 9.59 Å². The molecule has 3 amide bonds. The largest absolute Gasteiger partial charge is 0.480 e. The van der Waals surface area contributed by atoms with Gasteiger partial charge in [0, 0.05) is 44.6 Å². The van der Waals surface area contributed by atoms with Gasteiger partial charge in [-0.3, -0.25) is 4.79 Å². The number of nitrogens with one attached hydrogen (secondary N) is 1. The number of carbonyl (C=O) groups is 3. The van der Waals surface area contributed by atoms with Crippen LogP contribution >= 0.6 is 11.8 Å². The summed E-state index contributed by atoms with van der Waals surface area (Å²) in [7, 11) is 0. The Kier molecular flexibility index (Phi) is 6.63. The number of aliphatic carboxylic acids is 1. The van der Waals surface area contributed by atoms with Crippen LogP contribution in [0.3, 0.4) is 0 Å². The highest BCUT2D eigenvalue weighted by atomic mass is 32.2. The second kappa shape index (κ2) is 7.98. The lowest BCUT2D eigenvalue weighted by Gasteiger charge is -2.34. The molecule has 20 heavy (non-hydrogen) atoms. The van der Waals surface area contributed by atoms with Gasteiger partial charge in [0.25, 0.3) is 0 Å². The van der Waals surface area contributed by atoms with Crippen molar-refractivity contribution in [2.45, 2.75) is 19.9 Å². The van der Waals surface area contributed by atoms with E-state index in [0.717, 1.165) is 11.5 Å². The Balaban J connectivity index is 2.66. The van der Waals surface area contributed by atoms with Gasteiger partial charge in [0.15, 0.2) is 0 Å². The van der Waals surface area contributed by atoms with E-state index < -0.39 is 12.0 Å². The minimum absolute atomic E-state index is 0.190. The van der Waals surface area contributed by atoms with Crippen LogP contribution in [0.1, 0.15) is 13.8 Å². The fourth-order valence-electron chi connectivity index (χ4n) is 1.88. The first-order chi connectivity index (χ1) is 9.43. The maximum atomic E-state index is 12.4. The molecule has 1 heterocycles. The maximum absolute atomic E-state index is 12.4. The number of carboxylic acid groups (broad SMARTS) is 1. The minimum Gasteiger partial charge on any atom is -0.480 e. The van der Waals surface area contributed by atoms with Gasteiger partial charge in [-0.05, 0) is 6.92 Å². The number of carboxylic acids is 1. The van der Waals surface area contributed by atoms with Gasteiger partial charge in [-0.15, -0.1) is 0 Å². The molecule has 0 bridgehead atoms. The molecule has 0 radical (unpaired) electrons. The zero-order chi connectivity index (χ0) is 15.1. The van der Waals surface area contributed by atoms with Gasteiger partial charge in [0.1, 0.15) is 6.04 Å². The molecule has 1 unspecified atom stereocenters. The number of amides is 3. The van der Waals surface area contributed by atoms with Gasteiger partial charge in [-0.2, -0.15) is 11.8 Å². The van der Waals surface area contributed by atoms with E-state index in [1.807, 2.05) is 0 Å². The Morgan fingerprint density at radius 2 is 1.95 bits per heavy atom. The van der Waals surface area contributed by atoms with Crippen molar-refractivity contribution >= 4 is 29.7 Å². The van der Waals surface area contributed by atoms with E-state index in [9.17, 15) is 14.4 Å². The first kappa shape index (κ1) is 16.6. The number of rotatable bonds is 5. The molecule has 2 N–H and O–H groups in total.